The summed E-state index contributed by atoms with van der Waals surface area (Å²) in [6, 6.07) is 7.92. The van der Waals surface area contributed by atoms with Gasteiger partial charge in [-0.2, -0.15) is 0 Å². The van der Waals surface area contributed by atoms with Crippen molar-refractivity contribution in [2.24, 2.45) is 5.73 Å². The lowest BCUT2D eigenvalue weighted by Gasteiger charge is -2.27. The molecular formula is C12H20N2O. The van der Waals surface area contributed by atoms with Crippen molar-refractivity contribution in [3.05, 3.63) is 24.3 Å². The van der Waals surface area contributed by atoms with Gasteiger partial charge < -0.3 is 15.8 Å². The summed E-state index contributed by atoms with van der Waals surface area (Å²) in [6.07, 6.45) is 0.935. The third-order valence-electron chi connectivity index (χ3n) is 2.32. The first-order valence-electron chi connectivity index (χ1n) is 5.20. The molecule has 0 aliphatic heterocycles. The lowest BCUT2D eigenvalue weighted by Crippen LogP contribution is -2.33. The van der Waals surface area contributed by atoms with Gasteiger partial charge in [0.15, 0.2) is 0 Å². The number of hydrogen-bond acceptors (Lipinski definition) is 3. The zero-order valence-electron chi connectivity index (χ0n) is 9.71. The van der Waals surface area contributed by atoms with E-state index in [2.05, 4.69) is 19.2 Å². The molecule has 1 aromatic carbocycles. The Hall–Kier alpha value is -1.22. The van der Waals surface area contributed by atoms with E-state index in [4.69, 9.17) is 10.5 Å². The molecule has 0 unspecified atom stereocenters. The highest BCUT2D eigenvalue weighted by Gasteiger charge is 2.15. The Morgan fingerprint density at radius 1 is 1.40 bits per heavy atom. The van der Waals surface area contributed by atoms with E-state index in [0.29, 0.717) is 6.54 Å². The van der Waals surface area contributed by atoms with Crippen molar-refractivity contribution in [1.29, 1.82) is 0 Å². The normalized spacial score (nSPS) is 11.2. The molecule has 0 radical (unpaired) electrons. The molecule has 3 nitrogen and oxygen atoms in total. The summed E-state index contributed by atoms with van der Waals surface area (Å²) in [7, 11) is 1.67. The van der Waals surface area contributed by atoms with Crippen molar-refractivity contribution in [2.45, 2.75) is 25.8 Å². The summed E-state index contributed by atoms with van der Waals surface area (Å²) in [5.74, 6) is 0.864. The second-order valence-corrected chi connectivity index (χ2v) is 4.28. The molecule has 1 rings (SSSR count). The van der Waals surface area contributed by atoms with E-state index in [1.54, 1.807) is 7.11 Å². The zero-order valence-corrected chi connectivity index (χ0v) is 9.71. The standard InChI is InChI=1S/C12H20N2O/c1-12(2,7-8-13)14-10-5-4-6-11(9-10)15-3/h4-6,9,14H,7-8,13H2,1-3H3. The second kappa shape index (κ2) is 5.03. The fraction of sp³-hybridized carbons (Fsp3) is 0.500. The van der Waals surface area contributed by atoms with Gasteiger partial charge in [-0.1, -0.05) is 6.07 Å². The van der Waals surface area contributed by atoms with Crippen LogP contribution in [0.4, 0.5) is 5.69 Å². The second-order valence-electron chi connectivity index (χ2n) is 4.28. The molecule has 15 heavy (non-hydrogen) atoms. The molecule has 0 amide bonds. The van der Waals surface area contributed by atoms with Crippen LogP contribution in [0.5, 0.6) is 5.75 Å². The zero-order chi connectivity index (χ0) is 11.3. The highest BCUT2D eigenvalue weighted by molar-refractivity contribution is 5.49. The minimum Gasteiger partial charge on any atom is -0.497 e. The number of rotatable bonds is 5. The minimum atomic E-state index is 0.0150. The van der Waals surface area contributed by atoms with Crippen LogP contribution in [0.2, 0.25) is 0 Å². The monoisotopic (exact) mass is 208 g/mol. The predicted molar refractivity (Wildman–Crippen MR) is 64.4 cm³/mol. The average molecular weight is 208 g/mol. The van der Waals surface area contributed by atoms with E-state index >= 15 is 0 Å². The van der Waals surface area contributed by atoms with Crippen molar-refractivity contribution < 1.29 is 4.74 Å². The molecule has 84 valence electrons. The Morgan fingerprint density at radius 2 is 2.13 bits per heavy atom. The van der Waals surface area contributed by atoms with Gasteiger partial charge in [-0.3, -0.25) is 0 Å². The van der Waals surface area contributed by atoms with Crippen LogP contribution in [-0.4, -0.2) is 19.2 Å². The van der Waals surface area contributed by atoms with Gasteiger partial charge in [0.25, 0.3) is 0 Å². The van der Waals surface area contributed by atoms with Gasteiger partial charge in [0.2, 0.25) is 0 Å². The van der Waals surface area contributed by atoms with Crippen LogP contribution < -0.4 is 15.8 Å². The molecule has 0 saturated carbocycles. The molecule has 0 aliphatic carbocycles. The van der Waals surface area contributed by atoms with Gasteiger partial charge in [-0.05, 0) is 38.9 Å². The van der Waals surface area contributed by atoms with Crippen LogP contribution in [0, 0.1) is 0 Å². The van der Waals surface area contributed by atoms with Crippen molar-refractivity contribution in [3.8, 4) is 5.75 Å². The summed E-state index contributed by atoms with van der Waals surface area (Å²) in [5, 5.41) is 3.43. The van der Waals surface area contributed by atoms with Crippen molar-refractivity contribution in [1.82, 2.24) is 0 Å². The van der Waals surface area contributed by atoms with Gasteiger partial charge in [0.1, 0.15) is 5.75 Å². The summed E-state index contributed by atoms with van der Waals surface area (Å²) in [6.45, 7) is 4.96. The van der Waals surface area contributed by atoms with E-state index in [1.165, 1.54) is 0 Å². The molecule has 0 atom stereocenters. The summed E-state index contributed by atoms with van der Waals surface area (Å²) in [5.41, 5.74) is 6.64. The lowest BCUT2D eigenvalue weighted by molar-refractivity contribution is 0.414. The largest absolute Gasteiger partial charge is 0.497 e. The first-order chi connectivity index (χ1) is 7.07. The lowest BCUT2D eigenvalue weighted by atomic mass is 10.0. The quantitative estimate of drug-likeness (QED) is 0.780. The number of benzene rings is 1. The Morgan fingerprint density at radius 3 is 2.73 bits per heavy atom. The molecule has 0 aliphatic rings. The van der Waals surface area contributed by atoms with E-state index in [-0.39, 0.29) is 5.54 Å². The molecule has 1 aromatic rings. The molecule has 0 bridgehead atoms. The van der Waals surface area contributed by atoms with Crippen molar-refractivity contribution >= 4 is 5.69 Å². The maximum Gasteiger partial charge on any atom is 0.120 e. The third-order valence-corrected chi connectivity index (χ3v) is 2.32. The van der Waals surface area contributed by atoms with Crippen LogP contribution in [0.15, 0.2) is 24.3 Å². The molecule has 0 fully saturated rings. The molecule has 0 spiro atoms. The molecule has 3 N–H and O–H groups in total. The summed E-state index contributed by atoms with van der Waals surface area (Å²) >= 11 is 0. The fourth-order valence-corrected chi connectivity index (χ4v) is 1.51. The van der Waals surface area contributed by atoms with Gasteiger partial charge >= 0.3 is 0 Å². The van der Waals surface area contributed by atoms with Crippen LogP contribution in [0.1, 0.15) is 20.3 Å². The topological polar surface area (TPSA) is 47.3 Å². The van der Waals surface area contributed by atoms with Crippen molar-refractivity contribution in [3.63, 3.8) is 0 Å². The van der Waals surface area contributed by atoms with Gasteiger partial charge in [-0.25, -0.2) is 0 Å². The highest BCUT2D eigenvalue weighted by Crippen LogP contribution is 2.21. The number of nitrogens with one attached hydrogen (secondary N) is 1. The summed E-state index contributed by atoms with van der Waals surface area (Å²) in [4.78, 5) is 0. The van der Waals surface area contributed by atoms with Crippen molar-refractivity contribution in [2.75, 3.05) is 19.0 Å². The first-order valence-corrected chi connectivity index (χ1v) is 5.20. The Bertz CT molecular complexity index is 310. The Labute approximate surface area is 91.6 Å². The molecule has 0 aromatic heterocycles. The Balaban J connectivity index is 2.71. The first kappa shape index (κ1) is 11.9. The maximum absolute atomic E-state index is 5.56. The predicted octanol–water partition coefficient (Wildman–Crippen LogP) is 2.23. The van der Waals surface area contributed by atoms with Gasteiger partial charge in [-0.15, -0.1) is 0 Å². The van der Waals surface area contributed by atoms with Crippen LogP contribution >= 0.6 is 0 Å². The average Bonchev–Trinajstić information content (AvgIpc) is 2.17. The van der Waals surface area contributed by atoms with E-state index in [0.717, 1.165) is 17.9 Å². The van der Waals surface area contributed by atoms with Gasteiger partial charge in [0.05, 0.1) is 7.11 Å². The fourth-order valence-electron chi connectivity index (χ4n) is 1.51. The van der Waals surface area contributed by atoms with Crippen LogP contribution in [0.3, 0.4) is 0 Å². The Kier molecular flexibility index (Phi) is 3.97. The third kappa shape index (κ3) is 3.80. The SMILES string of the molecule is COc1cccc(NC(C)(C)CCN)c1. The molecule has 3 heteroatoms. The smallest absolute Gasteiger partial charge is 0.120 e. The van der Waals surface area contributed by atoms with E-state index in [1.807, 2.05) is 24.3 Å². The maximum atomic E-state index is 5.56. The van der Waals surface area contributed by atoms with E-state index in [9.17, 15) is 0 Å². The number of methoxy groups -OCH3 is 1. The summed E-state index contributed by atoms with van der Waals surface area (Å²) < 4.78 is 5.16. The number of nitrogens with two attached hydrogens (primary N) is 1. The molecule has 0 saturated heterocycles. The number of hydrogen-bond donors (Lipinski definition) is 2. The molecule has 0 heterocycles. The highest BCUT2D eigenvalue weighted by atomic mass is 16.5. The molecular weight excluding hydrogens is 188 g/mol. The minimum absolute atomic E-state index is 0.0150. The number of ether oxygens (including phenoxy) is 1. The van der Waals surface area contributed by atoms with E-state index < -0.39 is 0 Å². The number of anilines is 1. The van der Waals surface area contributed by atoms with Gasteiger partial charge in [0, 0.05) is 17.3 Å². The van der Waals surface area contributed by atoms with Crippen LogP contribution in [0.25, 0.3) is 0 Å². The van der Waals surface area contributed by atoms with Crippen LogP contribution in [-0.2, 0) is 0 Å².